The van der Waals surface area contributed by atoms with Crippen LogP contribution in [-0.2, 0) is 19.1 Å². The van der Waals surface area contributed by atoms with Crippen molar-refractivity contribution in [3.63, 3.8) is 0 Å². The van der Waals surface area contributed by atoms with Crippen molar-refractivity contribution in [2.24, 2.45) is 0 Å². The summed E-state index contributed by atoms with van der Waals surface area (Å²) in [6, 6.07) is 16.2. The van der Waals surface area contributed by atoms with Crippen molar-refractivity contribution in [3.8, 4) is 5.75 Å². The average molecular weight is 365 g/mol. The number of para-hydroxylation sites is 1. The van der Waals surface area contributed by atoms with Crippen LogP contribution in [0.15, 0.2) is 71.8 Å². The Morgan fingerprint density at radius 2 is 1.81 bits per heavy atom. The predicted octanol–water partition coefficient (Wildman–Crippen LogP) is 3.52. The largest absolute Gasteiger partial charge is 0.497 e. The van der Waals surface area contributed by atoms with Gasteiger partial charge in [0.1, 0.15) is 5.75 Å². The highest BCUT2D eigenvalue weighted by atomic mass is 16.5. The Labute approximate surface area is 157 Å². The summed E-state index contributed by atoms with van der Waals surface area (Å²) >= 11 is 0. The molecule has 6 heteroatoms. The second-order valence-corrected chi connectivity index (χ2v) is 5.63. The van der Waals surface area contributed by atoms with E-state index < -0.39 is 11.8 Å². The average Bonchev–Trinajstić information content (AvgIpc) is 2.98. The summed E-state index contributed by atoms with van der Waals surface area (Å²) in [5.74, 6) is -0.444. The number of carbonyl (C=O) groups is 2. The van der Waals surface area contributed by atoms with E-state index in [-0.39, 0.29) is 23.8 Å². The van der Waals surface area contributed by atoms with E-state index in [4.69, 9.17) is 14.2 Å². The van der Waals surface area contributed by atoms with E-state index in [1.807, 2.05) is 18.2 Å². The molecule has 0 aliphatic carbocycles. The number of nitrogens with one attached hydrogen (secondary N) is 1. The molecule has 0 amide bonds. The molecule has 2 aromatic carbocycles. The van der Waals surface area contributed by atoms with Crippen LogP contribution in [-0.4, -0.2) is 25.5 Å². The molecule has 0 spiro atoms. The van der Waals surface area contributed by atoms with E-state index in [9.17, 15) is 9.59 Å². The van der Waals surface area contributed by atoms with Gasteiger partial charge in [-0.2, -0.15) is 0 Å². The molecule has 0 unspecified atom stereocenters. The van der Waals surface area contributed by atoms with E-state index in [1.165, 1.54) is 0 Å². The number of carbonyl (C=O) groups excluding carboxylic acids is 2. The van der Waals surface area contributed by atoms with Gasteiger partial charge in [0, 0.05) is 5.69 Å². The third kappa shape index (κ3) is 4.17. The number of esters is 1. The molecule has 138 valence electrons. The minimum atomic E-state index is -0.723. The Morgan fingerprint density at radius 3 is 2.44 bits per heavy atom. The summed E-state index contributed by atoms with van der Waals surface area (Å²) in [4.78, 5) is 25.0. The van der Waals surface area contributed by atoms with Crippen LogP contribution in [0.4, 0.5) is 5.69 Å². The number of hydrogen-bond donors (Lipinski definition) is 1. The highest BCUT2D eigenvalue weighted by Gasteiger charge is 2.36. The van der Waals surface area contributed by atoms with Crippen molar-refractivity contribution < 1.29 is 23.8 Å². The van der Waals surface area contributed by atoms with Gasteiger partial charge >= 0.3 is 5.97 Å². The number of Topliss-reactive ketones (excluding diaryl/α,β-unsaturated/α-hetero) is 1. The van der Waals surface area contributed by atoms with Gasteiger partial charge in [-0.3, -0.25) is 4.79 Å². The molecule has 1 aliphatic heterocycles. The highest BCUT2D eigenvalue weighted by Crippen LogP contribution is 2.29. The van der Waals surface area contributed by atoms with Crippen LogP contribution in [0.2, 0.25) is 0 Å². The van der Waals surface area contributed by atoms with Gasteiger partial charge < -0.3 is 19.5 Å². The molecule has 1 aliphatic rings. The van der Waals surface area contributed by atoms with E-state index in [2.05, 4.69) is 5.32 Å². The third-order valence-corrected chi connectivity index (χ3v) is 3.81. The molecule has 2 aromatic rings. The number of ether oxygens (including phenoxy) is 3. The first-order valence-corrected chi connectivity index (χ1v) is 8.44. The maximum Gasteiger partial charge on any atom is 0.347 e. The standard InChI is InChI=1S/C21H19NO5/c1-3-26-21(24)18-19(23)17(13-14-9-11-16(25-2)12-10-14)27-20(18)22-15-7-5-4-6-8-15/h4-13,22H,3H2,1-2H3/b17-13+. The molecular formula is C21H19NO5. The van der Waals surface area contributed by atoms with Gasteiger partial charge in [0.25, 0.3) is 0 Å². The summed E-state index contributed by atoms with van der Waals surface area (Å²) in [6.07, 6.45) is 1.57. The number of ketones is 1. The molecule has 1 N–H and O–H groups in total. The molecular weight excluding hydrogens is 346 g/mol. The van der Waals surface area contributed by atoms with Gasteiger partial charge in [-0.1, -0.05) is 30.3 Å². The smallest absolute Gasteiger partial charge is 0.347 e. The fourth-order valence-corrected chi connectivity index (χ4v) is 2.51. The second-order valence-electron chi connectivity index (χ2n) is 5.63. The molecule has 3 rings (SSSR count). The Hall–Kier alpha value is -3.54. The zero-order valence-corrected chi connectivity index (χ0v) is 15.0. The van der Waals surface area contributed by atoms with Gasteiger partial charge in [0.15, 0.2) is 11.3 Å². The lowest BCUT2D eigenvalue weighted by Gasteiger charge is -2.08. The van der Waals surface area contributed by atoms with Crippen molar-refractivity contribution in [3.05, 3.63) is 77.4 Å². The summed E-state index contributed by atoms with van der Waals surface area (Å²) < 4.78 is 15.8. The Kier molecular flexibility index (Phi) is 5.56. The predicted molar refractivity (Wildman–Crippen MR) is 101 cm³/mol. The molecule has 0 bridgehead atoms. The summed E-state index contributed by atoms with van der Waals surface area (Å²) in [7, 11) is 1.58. The van der Waals surface area contributed by atoms with Gasteiger partial charge in [-0.15, -0.1) is 0 Å². The second kappa shape index (κ2) is 8.23. The zero-order valence-electron chi connectivity index (χ0n) is 15.0. The van der Waals surface area contributed by atoms with E-state index in [0.717, 1.165) is 5.56 Å². The number of anilines is 1. The number of hydrogen-bond acceptors (Lipinski definition) is 6. The van der Waals surface area contributed by atoms with Crippen LogP contribution < -0.4 is 10.1 Å². The van der Waals surface area contributed by atoms with Crippen LogP contribution in [0.5, 0.6) is 5.75 Å². The van der Waals surface area contributed by atoms with Crippen molar-refractivity contribution >= 4 is 23.5 Å². The van der Waals surface area contributed by atoms with Crippen molar-refractivity contribution in [1.29, 1.82) is 0 Å². The Morgan fingerprint density at radius 1 is 1.11 bits per heavy atom. The lowest BCUT2D eigenvalue weighted by molar-refractivity contribution is -0.139. The van der Waals surface area contributed by atoms with Gasteiger partial charge in [-0.25, -0.2) is 4.79 Å². The molecule has 0 saturated heterocycles. The maximum atomic E-state index is 12.7. The number of allylic oxidation sites excluding steroid dienone is 1. The first-order chi connectivity index (χ1) is 13.1. The van der Waals surface area contributed by atoms with E-state index >= 15 is 0 Å². The van der Waals surface area contributed by atoms with Gasteiger partial charge in [0.05, 0.1) is 13.7 Å². The number of benzene rings is 2. The fraction of sp³-hybridized carbons (Fsp3) is 0.143. The van der Waals surface area contributed by atoms with E-state index in [0.29, 0.717) is 11.4 Å². The molecule has 1 heterocycles. The van der Waals surface area contributed by atoms with Crippen LogP contribution in [0, 0.1) is 0 Å². The third-order valence-electron chi connectivity index (χ3n) is 3.81. The Balaban J connectivity index is 1.91. The quantitative estimate of drug-likeness (QED) is 0.480. The topological polar surface area (TPSA) is 73.9 Å². The summed E-state index contributed by atoms with van der Waals surface area (Å²) in [5.41, 5.74) is 1.27. The molecule has 0 radical (unpaired) electrons. The van der Waals surface area contributed by atoms with Crippen molar-refractivity contribution in [2.75, 3.05) is 19.0 Å². The van der Waals surface area contributed by atoms with Crippen LogP contribution >= 0.6 is 0 Å². The number of methoxy groups -OCH3 is 1. The maximum absolute atomic E-state index is 12.7. The van der Waals surface area contributed by atoms with E-state index in [1.54, 1.807) is 56.5 Å². The lowest BCUT2D eigenvalue weighted by Crippen LogP contribution is -2.16. The normalized spacial score (nSPS) is 14.9. The minimum Gasteiger partial charge on any atom is -0.497 e. The molecule has 0 atom stereocenters. The summed E-state index contributed by atoms with van der Waals surface area (Å²) in [6.45, 7) is 1.84. The molecule has 27 heavy (non-hydrogen) atoms. The first kappa shape index (κ1) is 18.3. The highest BCUT2D eigenvalue weighted by molar-refractivity contribution is 6.26. The minimum absolute atomic E-state index is 0.0432. The SMILES string of the molecule is CCOC(=O)C1=C(Nc2ccccc2)O/C(=C/c2ccc(OC)cc2)C1=O. The molecule has 0 fully saturated rings. The van der Waals surface area contributed by atoms with Crippen molar-refractivity contribution in [2.45, 2.75) is 6.92 Å². The molecule has 0 saturated carbocycles. The Bertz CT molecular complexity index is 898. The summed E-state index contributed by atoms with van der Waals surface area (Å²) in [5, 5.41) is 2.97. The molecule has 6 nitrogen and oxygen atoms in total. The van der Waals surface area contributed by atoms with Gasteiger partial charge in [0.2, 0.25) is 11.7 Å². The van der Waals surface area contributed by atoms with Crippen molar-refractivity contribution in [1.82, 2.24) is 0 Å². The van der Waals surface area contributed by atoms with Crippen LogP contribution in [0.25, 0.3) is 6.08 Å². The zero-order chi connectivity index (χ0) is 19.2. The lowest BCUT2D eigenvalue weighted by atomic mass is 10.1. The monoisotopic (exact) mass is 365 g/mol. The first-order valence-electron chi connectivity index (χ1n) is 8.44. The van der Waals surface area contributed by atoms with Crippen LogP contribution in [0.1, 0.15) is 12.5 Å². The van der Waals surface area contributed by atoms with Crippen LogP contribution in [0.3, 0.4) is 0 Å². The molecule has 0 aromatic heterocycles. The van der Waals surface area contributed by atoms with Gasteiger partial charge in [-0.05, 0) is 42.8 Å². The number of rotatable bonds is 6. The fourth-order valence-electron chi connectivity index (χ4n) is 2.51.